The number of fused-ring (bicyclic) bond motifs is 1. The Morgan fingerprint density at radius 1 is 1.21 bits per heavy atom. The highest BCUT2D eigenvalue weighted by molar-refractivity contribution is 6.38. The number of halogens is 2. The van der Waals surface area contributed by atoms with Crippen molar-refractivity contribution in [3.05, 3.63) is 63.9 Å². The molecule has 7 heteroatoms. The maximum Gasteiger partial charge on any atom is 0.260 e. The quantitative estimate of drug-likeness (QED) is 0.568. The summed E-state index contributed by atoms with van der Waals surface area (Å²) in [5.74, 6) is 0.505. The van der Waals surface area contributed by atoms with Crippen LogP contribution in [-0.2, 0) is 11.3 Å². The predicted molar refractivity (Wildman–Crippen MR) is 96.7 cm³/mol. The van der Waals surface area contributed by atoms with E-state index < -0.39 is 0 Å². The van der Waals surface area contributed by atoms with E-state index in [-0.39, 0.29) is 12.5 Å². The van der Waals surface area contributed by atoms with E-state index in [0.717, 1.165) is 16.9 Å². The molecule has 1 N–H and O–H groups in total. The van der Waals surface area contributed by atoms with Gasteiger partial charge in [0.1, 0.15) is 12.4 Å². The normalized spacial score (nSPS) is 11.3. The monoisotopic (exact) mass is 360 g/mol. The predicted octanol–water partition coefficient (Wildman–Crippen LogP) is 3.80. The van der Waals surface area contributed by atoms with E-state index in [4.69, 9.17) is 23.2 Å². The van der Waals surface area contributed by atoms with Gasteiger partial charge in [-0.25, -0.2) is 10.4 Å². The van der Waals surface area contributed by atoms with E-state index in [9.17, 15) is 4.79 Å². The fourth-order valence-corrected chi connectivity index (χ4v) is 2.87. The molecule has 0 aliphatic carbocycles. The summed E-state index contributed by atoms with van der Waals surface area (Å²) in [4.78, 5) is 16.6. The summed E-state index contributed by atoms with van der Waals surface area (Å²) >= 11 is 12.1. The smallest absolute Gasteiger partial charge is 0.260 e. The van der Waals surface area contributed by atoms with Crippen LogP contribution < -0.4 is 5.43 Å². The van der Waals surface area contributed by atoms with Crippen LogP contribution in [0.25, 0.3) is 11.0 Å². The van der Waals surface area contributed by atoms with Gasteiger partial charge in [-0.3, -0.25) is 4.79 Å². The first-order valence-corrected chi connectivity index (χ1v) is 7.99. The Kier molecular flexibility index (Phi) is 4.83. The summed E-state index contributed by atoms with van der Waals surface area (Å²) in [6.45, 7) is 1.99. The van der Waals surface area contributed by atoms with Crippen molar-refractivity contribution in [1.82, 2.24) is 15.0 Å². The molecule has 0 spiro atoms. The van der Waals surface area contributed by atoms with Crippen LogP contribution in [0.15, 0.2) is 47.6 Å². The molecule has 2 aromatic carbocycles. The third-order valence-corrected chi connectivity index (χ3v) is 4.19. The molecular weight excluding hydrogens is 347 g/mol. The van der Waals surface area contributed by atoms with E-state index in [1.54, 1.807) is 18.2 Å². The van der Waals surface area contributed by atoms with Crippen molar-refractivity contribution in [2.45, 2.75) is 13.5 Å². The summed E-state index contributed by atoms with van der Waals surface area (Å²) in [7, 11) is 0. The molecule has 1 amide bonds. The van der Waals surface area contributed by atoms with E-state index in [2.05, 4.69) is 15.5 Å². The summed E-state index contributed by atoms with van der Waals surface area (Å²) in [5.41, 5.74) is 4.80. The minimum atomic E-state index is -0.263. The lowest BCUT2D eigenvalue weighted by Gasteiger charge is -2.05. The molecule has 3 rings (SSSR count). The van der Waals surface area contributed by atoms with Crippen LogP contribution in [0, 0.1) is 6.92 Å². The van der Waals surface area contributed by atoms with Crippen molar-refractivity contribution in [2.75, 3.05) is 0 Å². The topological polar surface area (TPSA) is 59.3 Å². The van der Waals surface area contributed by atoms with Gasteiger partial charge in [0.05, 0.1) is 27.3 Å². The number of aryl methyl sites for hydroxylation is 1. The van der Waals surface area contributed by atoms with Crippen LogP contribution in [-0.4, -0.2) is 21.7 Å². The first kappa shape index (κ1) is 16.5. The van der Waals surface area contributed by atoms with Gasteiger partial charge < -0.3 is 4.57 Å². The molecule has 0 bridgehead atoms. The van der Waals surface area contributed by atoms with Crippen LogP contribution in [0.1, 0.15) is 11.4 Å². The van der Waals surface area contributed by atoms with E-state index in [1.165, 1.54) is 6.21 Å². The number of hydrogen-bond donors (Lipinski definition) is 1. The van der Waals surface area contributed by atoms with Gasteiger partial charge in [0.25, 0.3) is 5.91 Å². The molecular formula is C17H14Cl2N4O. The lowest BCUT2D eigenvalue weighted by molar-refractivity contribution is -0.121. The number of hydrogen-bond acceptors (Lipinski definition) is 3. The molecule has 0 aliphatic heterocycles. The number of benzene rings is 2. The minimum absolute atomic E-state index is 0.125. The largest absolute Gasteiger partial charge is 0.319 e. The van der Waals surface area contributed by atoms with E-state index >= 15 is 0 Å². The maximum absolute atomic E-state index is 12.1. The van der Waals surface area contributed by atoms with Gasteiger partial charge in [-0.15, -0.1) is 0 Å². The maximum atomic E-state index is 12.1. The number of carbonyl (C=O) groups excluding carboxylic acids is 1. The van der Waals surface area contributed by atoms with Gasteiger partial charge in [-0.1, -0.05) is 41.4 Å². The average molecular weight is 361 g/mol. The highest BCUT2D eigenvalue weighted by Gasteiger charge is 2.10. The van der Waals surface area contributed by atoms with Gasteiger partial charge >= 0.3 is 0 Å². The second-order valence-electron chi connectivity index (χ2n) is 5.16. The zero-order chi connectivity index (χ0) is 17.1. The fraction of sp³-hybridized carbons (Fsp3) is 0.118. The highest BCUT2D eigenvalue weighted by Crippen LogP contribution is 2.22. The number of nitrogens with one attached hydrogen (secondary N) is 1. The Morgan fingerprint density at radius 3 is 2.67 bits per heavy atom. The van der Waals surface area contributed by atoms with Crippen molar-refractivity contribution in [3.63, 3.8) is 0 Å². The Morgan fingerprint density at radius 2 is 1.92 bits per heavy atom. The second kappa shape index (κ2) is 7.03. The lowest BCUT2D eigenvalue weighted by atomic mass is 10.2. The number of nitrogens with zero attached hydrogens (tertiary/aromatic N) is 3. The first-order valence-electron chi connectivity index (χ1n) is 7.24. The number of rotatable bonds is 4. The molecule has 24 heavy (non-hydrogen) atoms. The fourth-order valence-electron chi connectivity index (χ4n) is 2.38. The summed E-state index contributed by atoms with van der Waals surface area (Å²) in [6.07, 6.45) is 1.43. The molecule has 122 valence electrons. The number of imidazole rings is 1. The number of amides is 1. The van der Waals surface area contributed by atoms with Crippen LogP contribution >= 0.6 is 23.2 Å². The van der Waals surface area contributed by atoms with Crippen LogP contribution in [0.4, 0.5) is 0 Å². The number of aromatic nitrogens is 2. The van der Waals surface area contributed by atoms with Crippen molar-refractivity contribution >= 4 is 46.4 Å². The van der Waals surface area contributed by atoms with E-state index in [0.29, 0.717) is 15.6 Å². The van der Waals surface area contributed by atoms with Crippen LogP contribution in [0.3, 0.4) is 0 Å². The highest BCUT2D eigenvalue weighted by atomic mass is 35.5. The molecule has 0 aliphatic rings. The van der Waals surface area contributed by atoms with Gasteiger partial charge in [0.2, 0.25) is 0 Å². The van der Waals surface area contributed by atoms with Crippen LogP contribution in [0.5, 0.6) is 0 Å². The summed E-state index contributed by atoms with van der Waals surface area (Å²) in [6, 6.07) is 12.8. The Bertz CT molecular complexity index is 913. The molecule has 0 fully saturated rings. The lowest BCUT2D eigenvalue weighted by Crippen LogP contribution is -2.23. The molecule has 0 saturated carbocycles. The summed E-state index contributed by atoms with van der Waals surface area (Å²) in [5, 5.41) is 4.87. The van der Waals surface area contributed by atoms with Gasteiger partial charge in [0.15, 0.2) is 0 Å². The molecule has 3 aromatic rings. The van der Waals surface area contributed by atoms with Gasteiger partial charge in [0, 0.05) is 5.56 Å². The van der Waals surface area contributed by atoms with Crippen LogP contribution in [0.2, 0.25) is 10.0 Å². The molecule has 0 unspecified atom stereocenters. The third kappa shape index (κ3) is 3.42. The average Bonchev–Trinajstić information content (AvgIpc) is 2.86. The molecule has 1 aromatic heterocycles. The molecule has 0 atom stereocenters. The van der Waals surface area contributed by atoms with Gasteiger partial charge in [-0.2, -0.15) is 5.10 Å². The van der Waals surface area contributed by atoms with Crippen molar-refractivity contribution < 1.29 is 4.79 Å². The number of carbonyl (C=O) groups is 1. The zero-order valence-corrected chi connectivity index (χ0v) is 14.3. The van der Waals surface area contributed by atoms with Gasteiger partial charge in [-0.05, 0) is 31.2 Å². The minimum Gasteiger partial charge on any atom is -0.319 e. The second-order valence-corrected chi connectivity index (χ2v) is 5.98. The Labute approximate surface area is 148 Å². The Hall–Kier alpha value is -2.37. The zero-order valence-electron chi connectivity index (χ0n) is 12.8. The van der Waals surface area contributed by atoms with Crippen molar-refractivity contribution in [1.29, 1.82) is 0 Å². The molecule has 0 saturated heterocycles. The number of hydrazone groups is 1. The SMILES string of the molecule is Cc1nc2ccccc2n1CC(=O)N/N=C\c1c(Cl)cccc1Cl. The van der Waals surface area contributed by atoms with Crippen molar-refractivity contribution in [2.24, 2.45) is 5.10 Å². The Balaban J connectivity index is 1.72. The van der Waals surface area contributed by atoms with Crippen molar-refractivity contribution in [3.8, 4) is 0 Å². The van der Waals surface area contributed by atoms with E-state index in [1.807, 2.05) is 35.8 Å². The molecule has 0 radical (unpaired) electrons. The number of para-hydroxylation sites is 2. The third-order valence-electron chi connectivity index (χ3n) is 3.53. The molecule has 5 nitrogen and oxygen atoms in total. The standard InChI is InChI=1S/C17H14Cl2N4O/c1-11-21-15-7-2-3-8-16(15)23(11)10-17(24)22-20-9-12-13(18)5-4-6-14(12)19/h2-9H,10H2,1H3,(H,22,24)/b20-9-. The molecule has 1 heterocycles. The first-order chi connectivity index (χ1) is 11.6. The summed E-state index contributed by atoms with van der Waals surface area (Å²) < 4.78 is 1.84.